The fraction of sp³-hybridized carbons (Fsp3) is 0.412. The van der Waals surface area contributed by atoms with Crippen molar-refractivity contribution in [3.05, 3.63) is 51.7 Å². The summed E-state index contributed by atoms with van der Waals surface area (Å²) in [4.78, 5) is 0. The van der Waals surface area contributed by atoms with E-state index in [1.54, 1.807) is 11.3 Å². The highest BCUT2D eigenvalue weighted by atomic mass is 32.1. The van der Waals surface area contributed by atoms with Crippen molar-refractivity contribution in [3.63, 3.8) is 0 Å². The molecule has 0 bridgehead atoms. The fourth-order valence-corrected chi connectivity index (χ4v) is 2.80. The van der Waals surface area contributed by atoms with Gasteiger partial charge in [-0.15, -0.1) is 0 Å². The first kappa shape index (κ1) is 15.1. The van der Waals surface area contributed by atoms with Gasteiger partial charge >= 0.3 is 0 Å². The third kappa shape index (κ3) is 4.66. The molecule has 0 spiro atoms. The van der Waals surface area contributed by atoms with E-state index in [0.717, 1.165) is 31.9 Å². The molecule has 0 aliphatic carbocycles. The number of unbranched alkanes of at least 4 members (excludes halogenated alkanes) is 1. The number of benzene rings is 1. The van der Waals surface area contributed by atoms with Gasteiger partial charge in [0.25, 0.3) is 0 Å². The molecule has 1 aromatic heterocycles. The van der Waals surface area contributed by atoms with Crippen molar-refractivity contribution in [1.82, 2.24) is 5.32 Å². The van der Waals surface area contributed by atoms with Crippen LogP contribution in [0.1, 0.15) is 36.5 Å². The second-order valence-corrected chi connectivity index (χ2v) is 5.77. The maximum atomic E-state index is 5.66. The highest BCUT2D eigenvalue weighted by Crippen LogP contribution is 2.15. The minimum absolute atomic E-state index is 0.811. The first-order valence-electron chi connectivity index (χ1n) is 7.23. The molecule has 0 fully saturated rings. The molecule has 1 heterocycles. The topological polar surface area (TPSA) is 21.3 Å². The molecular formula is C17H23NOS. The Bertz CT molecular complexity index is 504. The molecule has 0 aliphatic heterocycles. The van der Waals surface area contributed by atoms with Crippen molar-refractivity contribution in [2.24, 2.45) is 0 Å². The minimum atomic E-state index is 0.811. The summed E-state index contributed by atoms with van der Waals surface area (Å²) in [5.41, 5.74) is 4.07. The lowest BCUT2D eigenvalue weighted by Crippen LogP contribution is -2.12. The maximum Gasteiger partial charge on any atom is 0.119 e. The van der Waals surface area contributed by atoms with Crippen LogP contribution in [0.15, 0.2) is 35.0 Å². The Kier molecular flexibility index (Phi) is 6.09. The van der Waals surface area contributed by atoms with Gasteiger partial charge in [-0.25, -0.2) is 0 Å². The van der Waals surface area contributed by atoms with Crippen LogP contribution < -0.4 is 10.1 Å². The van der Waals surface area contributed by atoms with Crippen LogP contribution >= 0.6 is 11.3 Å². The quantitative estimate of drug-likeness (QED) is 0.721. The van der Waals surface area contributed by atoms with Gasteiger partial charge in [-0.05, 0) is 52.9 Å². The van der Waals surface area contributed by atoms with Gasteiger partial charge in [-0.2, -0.15) is 11.3 Å². The van der Waals surface area contributed by atoms with Crippen molar-refractivity contribution in [2.45, 2.75) is 39.8 Å². The predicted octanol–water partition coefficient (Wildman–Crippen LogP) is 4.53. The molecule has 0 aliphatic rings. The first-order chi connectivity index (χ1) is 9.79. The molecule has 0 unspecified atom stereocenters. The van der Waals surface area contributed by atoms with E-state index in [1.807, 2.05) is 0 Å². The van der Waals surface area contributed by atoms with Gasteiger partial charge in [-0.1, -0.05) is 25.5 Å². The van der Waals surface area contributed by atoms with E-state index in [1.165, 1.54) is 23.1 Å². The summed E-state index contributed by atoms with van der Waals surface area (Å²) in [5.74, 6) is 0.968. The number of nitrogens with one attached hydrogen (secondary N) is 1. The lowest BCUT2D eigenvalue weighted by atomic mass is 10.2. The van der Waals surface area contributed by atoms with Crippen LogP contribution in [0.25, 0.3) is 0 Å². The van der Waals surface area contributed by atoms with Crippen LogP contribution in [0.4, 0.5) is 0 Å². The van der Waals surface area contributed by atoms with Crippen molar-refractivity contribution >= 4 is 11.3 Å². The largest absolute Gasteiger partial charge is 0.494 e. The number of ether oxygens (including phenoxy) is 1. The Labute approximate surface area is 125 Å². The molecule has 2 rings (SSSR count). The number of hydrogen-bond donors (Lipinski definition) is 1. The molecule has 108 valence electrons. The molecule has 0 atom stereocenters. The molecule has 0 amide bonds. The van der Waals surface area contributed by atoms with Gasteiger partial charge in [0.15, 0.2) is 0 Å². The van der Waals surface area contributed by atoms with E-state index in [0.29, 0.717) is 0 Å². The molecule has 0 radical (unpaired) electrons. The monoisotopic (exact) mass is 289 g/mol. The van der Waals surface area contributed by atoms with E-state index >= 15 is 0 Å². The molecule has 1 N–H and O–H groups in total. The molecule has 1 aromatic carbocycles. The van der Waals surface area contributed by atoms with Gasteiger partial charge in [0, 0.05) is 13.1 Å². The summed E-state index contributed by atoms with van der Waals surface area (Å²) in [6, 6.07) is 8.38. The van der Waals surface area contributed by atoms with Crippen molar-refractivity contribution in [1.29, 1.82) is 0 Å². The summed E-state index contributed by atoms with van der Waals surface area (Å²) in [6.07, 6.45) is 2.29. The Balaban J connectivity index is 1.74. The van der Waals surface area contributed by atoms with E-state index in [4.69, 9.17) is 4.74 Å². The maximum absolute atomic E-state index is 5.66. The summed E-state index contributed by atoms with van der Waals surface area (Å²) >= 11 is 1.77. The molecule has 0 saturated carbocycles. The Morgan fingerprint density at radius 3 is 2.55 bits per heavy atom. The van der Waals surface area contributed by atoms with Gasteiger partial charge in [-0.3, -0.25) is 0 Å². The van der Waals surface area contributed by atoms with E-state index in [9.17, 15) is 0 Å². The second-order valence-electron chi connectivity index (χ2n) is 5.03. The van der Waals surface area contributed by atoms with Crippen LogP contribution in [-0.2, 0) is 13.1 Å². The van der Waals surface area contributed by atoms with E-state index in [-0.39, 0.29) is 0 Å². The number of hydrogen-bond acceptors (Lipinski definition) is 3. The standard InChI is InChI=1S/C17H23NOS/c1-3-4-9-19-17-7-5-15(6-8-17)10-18-11-16-13-20-12-14(16)2/h5-8,12-13,18H,3-4,9-11H2,1-2H3. The SMILES string of the molecule is CCCCOc1ccc(CNCc2cscc2C)cc1. The Morgan fingerprint density at radius 1 is 1.10 bits per heavy atom. The molecule has 3 heteroatoms. The lowest BCUT2D eigenvalue weighted by Gasteiger charge is -2.08. The average Bonchev–Trinajstić information content (AvgIpc) is 2.87. The van der Waals surface area contributed by atoms with E-state index in [2.05, 4.69) is 54.2 Å². The predicted molar refractivity (Wildman–Crippen MR) is 86.4 cm³/mol. The zero-order chi connectivity index (χ0) is 14.2. The molecule has 0 saturated heterocycles. The molecule has 2 aromatic rings. The zero-order valence-corrected chi connectivity index (χ0v) is 13.1. The lowest BCUT2D eigenvalue weighted by molar-refractivity contribution is 0.309. The minimum Gasteiger partial charge on any atom is -0.494 e. The van der Waals surface area contributed by atoms with Crippen LogP contribution in [0.5, 0.6) is 5.75 Å². The molecule has 20 heavy (non-hydrogen) atoms. The van der Waals surface area contributed by atoms with Crippen molar-refractivity contribution in [3.8, 4) is 5.75 Å². The summed E-state index contributed by atoms with van der Waals surface area (Å²) in [7, 11) is 0. The molecule has 2 nitrogen and oxygen atoms in total. The van der Waals surface area contributed by atoms with E-state index < -0.39 is 0 Å². The van der Waals surface area contributed by atoms with Crippen LogP contribution in [0, 0.1) is 6.92 Å². The van der Waals surface area contributed by atoms with Crippen LogP contribution in [0.3, 0.4) is 0 Å². The van der Waals surface area contributed by atoms with Gasteiger partial charge in [0.05, 0.1) is 6.61 Å². The zero-order valence-electron chi connectivity index (χ0n) is 12.3. The number of rotatable bonds is 8. The highest BCUT2D eigenvalue weighted by molar-refractivity contribution is 7.08. The van der Waals surface area contributed by atoms with Crippen LogP contribution in [-0.4, -0.2) is 6.61 Å². The van der Waals surface area contributed by atoms with Gasteiger partial charge in [0.2, 0.25) is 0 Å². The summed E-state index contributed by atoms with van der Waals surface area (Å²) in [5, 5.41) is 7.89. The van der Waals surface area contributed by atoms with Gasteiger partial charge in [0.1, 0.15) is 5.75 Å². The number of thiophene rings is 1. The average molecular weight is 289 g/mol. The Hall–Kier alpha value is -1.32. The molecular weight excluding hydrogens is 266 g/mol. The summed E-state index contributed by atoms with van der Waals surface area (Å²) in [6.45, 7) is 6.98. The first-order valence-corrected chi connectivity index (χ1v) is 8.18. The van der Waals surface area contributed by atoms with Gasteiger partial charge < -0.3 is 10.1 Å². The van der Waals surface area contributed by atoms with Crippen molar-refractivity contribution < 1.29 is 4.74 Å². The fourth-order valence-electron chi connectivity index (χ4n) is 1.95. The third-order valence-electron chi connectivity index (χ3n) is 3.30. The van der Waals surface area contributed by atoms with Crippen molar-refractivity contribution in [2.75, 3.05) is 6.61 Å². The summed E-state index contributed by atoms with van der Waals surface area (Å²) < 4.78 is 5.66. The Morgan fingerprint density at radius 2 is 1.90 bits per heavy atom. The highest BCUT2D eigenvalue weighted by Gasteiger charge is 1.99. The smallest absolute Gasteiger partial charge is 0.119 e. The van der Waals surface area contributed by atoms with Crippen LogP contribution in [0.2, 0.25) is 0 Å². The normalized spacial score (nSPS) is 10.7. The second kappa shape index (κ2) is 8.08. The third-order valence-corrected chi connectivity index (χ3v) is 4.21. The number of aryl methyl sites for hydroxylation is 1.